The summed E-state index contributed by atoms with van der Waals surface area (Å²) < 4.78 is 3.30. The van der Waals surface area contributed by atoms with Crippen molar-refractivity contribution in [2.75, 3.05) is 7.05 Å². The maximum absolute atomic E-state index is 4.72. The predicted octanol–water partition coefficient (Wildman–Crippen LogP) is 2.80. The fourth-order valence-electron chi connectivity index (χ4n) is 2.00. The van der Waals surface area contributed by atoms with Gasteiger partial charge < -0.3 is 9.88 Å². The van der Waals surface area contributed by atoms with Crippen LogP contribution in [-0.4, -0.2) is 16.6 Å². The molecular weight excluding hydrogens is 290 g/mol. The molecule has 0 unspecified atom stereocenters. The fraction of sp³-hybridized carbons (Fsp3) is 0.357. The predicted molar refractivity (Wildman–Crippen MR) is 77.7 cm³/mol. The highest BCUT2D eigenvalue weighted by Crippen LogP contribution is 2.21. The highest BCUT2D eigenvalue weighted by atomic mass is 79.9. The van der Waals surface area contributed by atoms with E-state index in [9.17, 15) is 0 Å². The first-order valence-electron chi connectivity index (χ1n) is 6.02. The Hall–Kier alpha value is -1.13. The molecule has 0 atom stereocenters. The van der Waals surface area contributed by atoms with Crippen molar-refractivity contribution in [3.63, 3.8) is 0 Å². The van der Waals surface area contributed by atoms with E-state index in [1.165, 1.54) is 11.3 Å². The second kappa shape index (κ2) is 5.67. The molecule has 0 saturated carbocycles. The highest BCUT2D eigenvalue weighted by Gasteiger charge is 2.11. The number of benzene rings is 1. The third-order valence-electron chi connectivity index (χ3n) is 3.22. The van der Waals surface area contributed by atoms with Gasteiger partial charge in [-0.25, -0.2) is 4.98 Å². The molecule has 1 heterocycles. The van der Waals surface area contributed by atoms with E-state index in [0.717, 1.165) is 29.0 Å². The number of nitrogens with one attached hydrogen (secondary N) is 1. The van der Waals surface area contributed by atoms with Gasteiger partial charge in [0.05, 0.1) is 12.2 Å². The van der Waals surface area contributed by atoms with Crippen LogP contribution >= 0.6 is 15.9 Å². The van der Waals surface area contributed by atoms with Crippen LogP contribution in [0.5, 0.6) is 0 Å². The molecule has 0 aliphatic carbocycles. The molecule has 2 aromatic rings. The summed E-state index contributed by atoms with van der Waals surface area (Å²) in [6.45, 7) is 2.92. The molecule has 4 heteroatoms. The SMILES string of the molecule is CNCc1nc(Cc2ccccc2Br)c(C)n1C. The number of aromatic nitrogens is 2. The van der Waals surface area contributed by atoms with Crippen molar-refractivity contribution in [3.05, 3.63) is 51.5 Å². The largest absolute Gasteiger partial charge is 0.334 e. The summed E-state index contributed by atoms with van der Waals surface area (Å²) in [5, 5.41) is 3.15. The first-order chi connectivity index (χ1) is 8.63. The molecule has 96 valence electrons. The Bertz CT molecular complexity index is 546. The van der Waals surface area contributed by atoms with Crippen molar-refractivity contribution in [2.45, 2.75) is 19.9 Å². The van der Waals surface area contributed by atoms with Crippen LogP contribution in [0.1, 0.15) is 22.8 Å². The maximum Gasteiger partial charge on any atom is 0.122 e. The number of halogens is 1. The van der Waals surface area contributed by atoms with Crippen molar-refractivity contribution in [1.29, 1.82) is 0 Å². The van der Waals surface area contributed by atoms with Crippen LogP contribution in [0.25, 0.3) is 0 Å². The number of hydrogen-bond acceptors (Lipinski definition) is 2. The first-order valence-corrected chi connectivity index (χ1v) is 6.82. The zero-order valence-corrected chi connectivity index (χ0v) is 12.6. The van der Waals surface area contributed by atoms with E-state index in [2.05, 4.69) is 58.0 Å². The zero-order chi connectivity index (χ0) is 13.1. The maximum atomic E-state index is 4.72. The van der Waals surface area contributed by atoms with Crippen LogP contribution < -0.4 is 5.32 Å². The topological polar surface area (TPSA) is 29.9 Å². The van der Waals surface area contributed by atoms with Gasteiger partial charge in [-0.2, -0.15) is 0 Å². The van der Waals surface area contributed by atoms with Crippen molar-refractivity contribution < 1.29 is 0 Å². The highest BCUT2D eigenvalue weighted by molar-refractivity contribution is 9.10. The Labute approximate surface area is 116 Å². The van der Waals surface area contributed by atoms with Gasteiger partial charge in [0.15, 0.2) is 0 Å². The average Bonchev–Trinajstić information content (AvgIpc) is 2.61. The lowest BCUT2D eigenvalue weighted by Crippen LogP contribution is -2.10. The van der Waals surface area contributed by atoms with Gasteiger partial charge >= 0.3 is 0 Å². The van der Waals surface area contributed by atoms with Crippen LogP contribution in [0, 0.1) is 6.92 Å². The fourth-order valence-corrected chi connectivity index (χ4v) is 2.43. The summed E-state index contributed by atoms with van der Waals surface area (Å²) >= 11 is 3.59. The average molecular weight is 308 g/mol. The molecule has 0 radical (unpaired) electrons. The zero-order valence-electron chi connectivity index (χ0n) is 11.0. The number of nitrogens with zero attached hydrogens (tertiary/aromatic N) is 2. The molecule has 0 spiro atoms. The molecule has 1 N–H and O–H groups in total. The Morgan fingerprint density at radius 3 is 2.72 bits per heavy atom. The molecular formula is C14H18BrN3. The summed E-state index contributed by atoms with van der Waals surface area (Å²) in [4.78, 5) is 4.72. The molecule has 2 rings (SSSR count). The minimum atomic E-state index is 0.799. The van der Waals surface area contributed by atoms with Crippen LogP contribution in [0.3, 0.4) is 0 Å². The van der Waals surface area contributed by atoms with Crippen LogP contribution in [-0.2, 0) is 20.0 Å². The summed E-state index contributed by atoms with van der Waals surface area (Å²) in [5.74, 6) is 1.08. The van der Waals surface area contributed by atoms with Crippen LogP contribution in [0.2, 0.25) is 0 Å². The standard InChI is InChI=1S/C14H18BrN3/c1-10-13(17-14(9-16-2)18(10)3)8-11-6-4-5-7-12(11)15/h4-7,16H,8-9H2,1-3H3. The minimum Gasteiger partial charge on any atom is -0.334 e. The van der Waals surface area contributed by atoms with E-state index in [-0.39, 0.29) is 0 Å². The molecule has 0 fully saturated rings. The molecule has 0 aliphatic rings. The quantitative estimate of drug-likeness (QED) is 0.941. The van der Waals surface area contributed by atoms with Gasteiger partial charge in [0, 0.05) is 23.6 Å². The van der Waals surface area contributed by atoms with Gasteiger partial charge in [-0.05, 0) is 25.6 Å². The second-order valence-electron chi connectivity index (χ2n) is 4.42. The van der Waals surface area contributed by atoms with Crippen molar-refractivity contribution in [3.8, 4) is 0 Å². The molecule has 3 nitrogen and oxygen atoms in total. The smallest absolute Gasteiger partial charge is 0.122 e. The minimum absolute atomic E-state index is 0.799. The summed E-state index contributed by atoms with van der Waals surface area (Å²) in [6.07, 6.45) is 0.866. The third kappa shape index (κ3) is 2.65. The van der Waals surface area contributed by atoms with Gasteiger partial charge in [-0.1, -0.05) is 34.1 Å². The lowest BCUT2D eigenvalue weighted by Gasteiger charge is -2.03. The van der Waals surface area contributed by atoms with Crippen molar-refractivity contribution >= 4 is 15.9 Å². The monoisotopic (exact) mass is 307 g/mol. The Morgan fingerprint density at radius 1 is 1.33 bits per heavy atom. The molecule has 18 heavy (non-hydrogen) atoms. The molecule has 0 aliphatic heterocycles. The Morgan fingerprint density at radius 2 is 2.06 bits per heavy atom. The van der Waals surface area contributed by atoms with E-state index in [1.807, 2.05) is 13.1 Å². The summed E-state index contributed by atoms with van der Waals surface area (Å²) in [5.41, 5.74) is 3.65. The van der Waals surface area contributed by atoms with Crippen LogP contribution in [0.4, 0.5) is 0 Å². The lowest BCUT2D eigenvalue weighted by molar-refractivity contribution is 0.700. The normalized spacial score (nSPS) is 10.9. The van der Waals surface area contributed by atoms with E-state index < -0.39 is 0 Å². The van der Waals surface area contributed by atoms with Gasteiger partial charge in [0.25, 0.3) is 0 Å². The van der Waals surface area contributed by atoms with E-state index in [4.69, 9.17) is 4.98 Å². The molecule has 0 saturated heterocycles. The van der Waals surface area contributed by atoms with Gasteiger partial charge in [0.2, 0.25) is 0 Å². The molecule has 0 amide bonds. The summed E-state index contributed by atoms with van der Waals surface area (Å²) in [6, 6.07) is 8.30. The number of hydrogen-bond donors (Lipinski definition) is 1. The first kappa shape index (κ1) is 13.3. The van der Waals surface area contributed by atoms with Gasteiger partial charge in [0.1, 0.15) is 5.82 Å². The number of rotatable bonds is 4. The van der Waals surface area contributed by atoms with E-state index in [0.29, 0.717) is 0 Å². The van der Waals surface area contributed by atoms with Gasteiger partial charge in [-0.3, -0.25) is 0 Å². The van der Waals surface area contributed by atoms with Crippen LogP contribution in [0.15, 0.2) is 28.7 Å². The molecule has 0 bridgehead atoms. The second-order valence-corrected chi connectivity index (χ2v) is 5.27. The lowest BCUT2D eigenvalue weighted by atomic mass is 10.1. The van der Waals surface area contributed by atoms with E-state index >= 15 is 0 Å². The number of imidazole rings is 1. The van der Waals surface area contributed by atoms with E-state index in [1.54, 1.807) is 0 Å². The van der Waals surface area contributed by atoms with Crippen molar-refractivity contribution in [2.24, 2.45) is 7.05 Å². The Balaban J connectivity index is 2.30. The van der Waals surface area contributed by atoms with Gasteiger partial charge in [-0.15, -0.1) is 0 Å². The third-order valence-corrected chi connectivity index (χ3v) is 4.00. The molecule has 1 aromatic heterocycles. The summed E-state index contributed by atoms with van der Waals surface area (Å²) in [7, 11) is 4.01. The molecule has 1 aromatic carbocycles. The Kier molecular flexibility index (Phi) is 4.19. The van der Waals surface area contributed by atoms with Crippen molar-refractivity contribution in [1.82, 2.24) is 14.9 Å².